The first-order valence-corrected chi connectivity index (χ1v) is 8.49. The lowest BCUT2D eigenvalue weighted by molar-refractivity contribution is 0.0953. The first kappa shape index (κ1) is 16.0. The first-order valence-electron chi connectivity index (χ1n) is 7.67. The molecule has 21 heavy (non-hydrogen) atoms. The molecule has 4 N–H and O–H groups in total. The Kier molecular flexibility index (Phi) is 5.81. The molecular formula is C14H25N5OS. The summed E-state index contributed by atoms with van der Waals surface area (Å²) in [6.45, 7) is 7.85. The van der Waals surface area contributed by atoms with Gasteiger partial charge in [0.2, 0.25) is 0 Å². The lowest BCUT2D eigenvalue weighted by Gasteiger charge is -2.19. The van der Waals surface area contributed by atoms with Crippen LogP contribution in [0.15, 0.2) is 0 Å². The zero-order chi connectivity index (χ0) is 15.2. The average molecular weight is 311 g/mol. The summed E-state index contributed by atoms with van der Waals surface area (Å²) in [6.07, 6.45) is 3.47. The maximum Gasteiger partial charge on any atom is 0.265 e. The van der Waals surface area contributed by atoms with Crippen molar-refractivity contribution in [2.24, 2.45) is 0 Å². The van der Waals surface area contributed by atoms with Gasteiger partial charge in [-0.3, -0.25) is 4.79 Å². The molecule has 6 nitrogen and oxygen atoms in total. The monoisotopic (exact) mass is 311 g/mol. The number of nitrogens with zero attached hydrogens (tertiary/aromatic N) is 2. The summed E-state index contributed by atoms with van der Waals surface area (Å²) in [5.41, 5.74) is 5.83. The zero-order valence-corrected chi connectivity index (χ0v) is 13.6. The summed E-state index contributed by atoms with van der Waals surface area (Å²) in [4.78, 5) is 19.2. The largest absolute Gasteiger partial charge is 0.382 e. The van der Waals surface area contributed by atoms with Crippen molar-refractivity contribution in [3.63, 3.8) is 0 Å². The predicted molar refractivity (Wildman–Crippen MR) is 87.9 cm³/mol. The Morgan fingerprint density at radius 2 is 2.19 bits per heavy atom. The fourth-order valence-electron chi connectivity index (χ4n) is 2.11. The van der Waals surface area contributed by atoms with Crippen LogP contribution in [0.1, 0.15) is 42.8 Å². The molecule has 0 unspecified atom stereocenters. The molecule has 1 amide bonds. The van der Waals surface area contributed by atoms with Crippen LogP contribution in [0.4, 0.5) is 10.9 Å². The number of anilines is 2. The van der Waals surface area contributed by atoms with E-state index in [9.17, 15) is 4.79 Å². The van der Waals surface area contributed by atoms with Crippen molar-refractivity contribution in [1.29, 1.82) is 0 Å². The summed E-state index contributed by atoms with van der Waals surface area (Å²) < 4.78 is 0. The molecule has 0 aromatic carbocycles. The van der Waals surface area contributed by atoms with E-state index in [0.29, 0.717) is 23.3 Å². The Morgan fingerprint density at radius 3 is 2.81 bits per heavy atom. The molecule has 0 spiro atoms. The number of nitrogens with one attached hydrogen (secondary N) is 2. The quantitative estimate of drug-likeness (QED) is 0.647. The van der Waals surface area contributed by atoms with Crippen LogP contribution < -0.4 is 16.4 Å². The molecule has 118 valence electrons. The summed E-state index contributed by atoms with van der Waals surface area (Å²) in [5.74, 6) is 0.197. The van der Waals surface area contributed by atoms with E-state index in [0.717, 1.165) is 31.2 Å². The Hall–Kier alpha value is -1.34. The Morgan fingerprint density at radius 1 is 1.43 bits per heavy atom. The van der Waals surface area contributed by atoms with E-state index < -0.39 is 0 Å². The van der Waals surface area contributed by atoms with Gasteiger partial charge in [-0.1, -0.05) is 25.2 Å². The van der Waals surface area contributed by atoms with Gasteiger partial charge in [0.25, 0.3) is 5.91 Å². The van der Waals surface area contributed by atoms with Crippen molar-refractivity contribution in [3.8, 4) is 0 Å². The summed E-state index contributed by atoms with van der Waals surface area (Å²) in [6, 6.07) is 0.513. The molecule has 1 saturated carbocycles. The number of carbonyl (C=O) groups excluding carboxylic acids is 1. The van der Waals surface area contributed by atoms with Crippen molar-refractivity contribution in [1.82, 2.24) is 15.2 Å². The lowest BCUT2D eigenvalue weighted by atomic mass is 10.4. The van der Waals surface area contributed by atoms with Gasteiger partial charge in [-0.15, -0.1) is 0 Å². The number of carbonyl (C=O) groups is 1. The molecule has 0 saturated heterocycles. The van der Waals surface area contributed by atoms with E-state index in [2.05, 4.69) is 34.4 Å². The van der Waals surface area contributed by atoms with Gasteiger partial charge in [0.15, 0.2) is 5.13 Å². The van der Waals surface area contributed by atoms with Crippen molar-refractivity contribution in [2.75, 3.05) is 37.2 Å². The van der Waals surface area contributed by atoms with Gasteiger partial charge in [0, 0.05) is 19.1 Å². The number of likely N-dealkylation sites (N-methyl/N-ethyl adjacent to an activating group) is 1. The van der Waals surface area contributed by atoms with Crippen molar-refractivity contribution in [3.05, 3.63) is 4.88 Å². The molecule has 1 aliphatic rings. The van der Waals surface area contributed by atoms with Crippen LogP contribution in [0, 0.1) is 0 Å². The Bertz CT molecular complexity index is 472. The van der Waals surface area contributed by atoms with Crippen LogP contribution in [0.5, 0.6) is 0 Å². The summed E-state index contributed by atoms with van der Waals surface area (Å²) in [5, 5.41) is 6.95. The molecule has 0 bridgehead atoms. The smallest absolute Gasteiger partial charge is 0.265 e. The highest BCUT2D eigenvalue weighted by Crippen LogP contribution is 2.30. The number of amides is 1. The zero-order valence-electron chi connectivity index (χ0n) is 12.8. The lowest BCUT2D eigenvalue weighted by Crippen LogP contribution is -2.35. The normalized spacial score (nSPS) is 14.4. The maximum absolute atomic E-state index is 12.1. The molecule has 0 aliphatic heterocycles. The highest BCUT2D eigenvalue weighted by atomic mass is 32.1. The number of rotatable bonds is 9. The number of nitrogen functional groups attached to an aromatic ring is 1. The molecule has 2 rings (SSSR count). The summed E-state index contributed by atoms with van der Waals surface area (Å²) >= 11 is 1.34. The molecule has 7 heteroatoms. The highest BCUT2D eigenvalue weighted by molar-refractivity contribution is 7.18. The number of aromatic nitrogens is 1. The Labute approximate surface area is 130 Å². The molecule has 0 radical (unpaired) electrons. The maximum atomic E-state index is 12.1. The Balaban J connectivity index is 1.80. The van der Waals surface area contributed by atoms with Gasteiger partial charge in [-0.05, 0) is 32.4 Å². The average Bonchev–Trinajstić information content (AvgIpc) is 3.19. The molecule has 1 aliphatic carbocycles. The molecule has 1 aromatic rings. The van der Waals surface area contributed by atoms with Gasteiger partial charge < -0.3 is 21.3 Å². The van der Waals surface area contributed by atoms with Gasteiger partial charge in [0.1, 0.15) is 10.7 Å². The van der Waals surface area contributed by atoms with Gasteiger partial charge in [0.05, 0.1) is 0 Å². The second kappa shape index (κ2) is 7.61. The van der Waals surface area contributed by atoms with Crippen LogP contribution in [0.25, 0.3) is 0 Å². The van der Waals surface area contributed by atoms with Gasteiger partial charge in [-0.2, -0.15) is 0 Å². The molecule has 1 fully saturated rings. The van der Waals surface area contributed by atoms with Crippen LogP contribution in [0.2, 0.25) is 0 Å². The molecule has 0 atom stereocenters. The van der Waals surface area contributed by atoms with Crippen LogP contribution in [0.3, 0.4) is 0 Å². The molecule has 1 heterocycles. The number of hydrogen-bond acceptors (Lipinski definition) is 6. The minimum Gasteiger partial charge on any atom is -0.382 e. The first-order chi connectivity index (χ1) is 10.1. The predicted octanol–water partition coefficient (Wildman–Crippen LogP) is 1.76. The van der Waals surface area contributed by atoms with E-state index in [1.807, 2.05) is 0 Å². The van der Waals surface area contributed by atoms with Gasteiger partial charge in [-0.25, -0.2) is 4.98 Å². The fourth-order valence-corrected chi connectivity index (χ4v) is 2.99. The van der Waals surface area contributed by atoms with E-state index in [1.54, 1.807) is 0 Å². The summed E-state index contributed by atoms with van der Waals surface area (Å²) in [7, 11) is 0. The second-order valence-corrected chi connectivity index (χ2v) is 6.34. The van der Waals surface area contributed by atoms with E-state index in [-0.39, 0.29) is 5.91 Å². The minimum atomic E-state index is -0.124. The number of thiazole rings is 1. The fraction of sp³-hybridized carbons (Fsp3) is 0.714. The van der Waals surface area contributed by atoms with E-state index in [4.69, 9.17) is 5.73 Å². The van der Waals surface area contributed by atoms with E-state index >= 15 is 0 Å². The van der Waals surface area contributed by atoms with Crippen molar-refractivity contribution in [2.45, 2.75) is 39.2 Å². The minimum absolute atomic E-state index is 0.124. The SMILES string of the molecule is CCCN(CC)CCNC(=O)c1sc(NC2CC2)nc1N. The van der Waals surface area contributed by atoms with E-state index in [1.165, 1.54) is 24.2 Å². The third kappa shape index (κ3) is 4.86. The van der Waals surface area contributed by atoms with Crippen LogP contribution in [-0.2, 0) is 0 Å². The third-order valence-corrected chi connectivity index (χ3v) is 4.47. The third-order valence-electron chi connectivity index (χ3n) is 3.47. The van der Waals surface area contributed by atoms with Crippen LogP contribution in [-0.4, -0.2) is 48.0 Å². The number of nitrogens with two attached hydrogens (primary N) is 1. The second-order valence-electron chi connectivity index (χ2n) is 5.34. The van der Waals surface area contributed by atoms with Gasteiger partial charge >= 0.3 is 0 Å². The highest BCUT2D eigenvalue weighted by Gasteiger charge is 2.24. The standard InChI is InChI=1S/C14H25N5OS/c1-3-8-19(4-2)9-7-16-13(20)11-12(15)18-14(21-11)17-10-5-6-10/h10H,3-9,15H2,1-2H3,(H,16,20)(H,17,18). The molecular weight excluding hydrogens is 286 g/mol. The van der Waals surface area contributed by atoms with Crippen molar-refractivity contribution >= 4 is 28.2 Å². The molecule has 1 aromatic heterocycles. The number of hydrogen-bond donors (Lipinski definition) is 3. The topological polar surface area (TPSA) is 83.3 Å². The van der Waals surface area contributed by atoms with Crippen molar-refractivity contribution < 1.29 is 4.79 Å². The van der Waals surface area contributed by atoms with Crippen LogP contribution >= 0.6 is 11.3 Å².